The SMILES string of the molecule is CC(C)Oc1cc(OC2CC2)cnc1C(=O)O. The highest BCUT2D eigenvalue weighted by Gasteiger charge is 2.24. The fourth-order valence-electron chi connectivity index (χ4n) is 1.37. The largest absolute Gasteiger partial charge is 0.489 e. The van der Waals surface area contributed by atoms with Gasteiger partial charge in [-0.1, -0.05) is 0 Å². The third-order valence-electron chi connectivity index (χ3n) is 2.22. The molecule has 5 heteroatoms. The number of nitrogens with zero attached hydrogens (tertiary/aromatic N) is 1. The molecule has 0 spiro atoms. The first-order chi connectivity index (χ1) is 8.06. The first kappa shape index (κ1) is 11.7. The number of pyridine rings is 1. The van der Waals surface area contributed by atoms with Crippen molar-refractivity contribution < 1.29 is 19.4 Å². The van der Waals surface area contributed by atoms with Gasteiger partial charge in [0.15, 0.2) is 11.4 Å². The molecule has 0 aliphatic heterocycles. The molecule has 1 aliphatic carbocycles. The third-order valence-corrected chi connectivity index (χ3v) is 2.22. The molecule has 0 unspecified atom stereocenters. The molecule has 0 aromatic carbocycles. The van der Waals surface area contributed by atoms with Crippen molar-refractivity contribution in [3.8, 4) is 11.5 Å². The molecule has 92 valence electrons. The smallest absolute Gasteiger partial charge is 0.358 e. The van der Waals surface area contributed by atoms with E-state index in [0.29, 0.717) is 5.75 Å². The van der Waals surface area contributed by atoms with Crippen LogP contribution in [0.25, 0.3) is 0 Å². The molecule has 1 aromatic rings. The number of aromatic carboxylic acids is 1. The lowest BCUT2D eigenvalue weighted by atomic mass is 10.3. The zero-order valence-corrected chi connectivity index (χ0v) is 9.84. The van der Waals surface area contributed by atoms with Crippen molar-refractivity contribution in [2.45, 2.75) is 38.9 Å². The zero-order chi connectivity index (χ0) is 12.4. The van der Waals surface area contributed by atoms with E-state index in [1.54, 1.807) is 6.07 Å². The summed E-state index contributed by atoms with van der Waals surface area (Å²) in [5, 5.41) is 8.98. The Balaban J connectivity index is 2.24. The van der Waals surface area contributed by atoms with E-state index in [4.69, 9.17) is 14.6 Å². The number of carboxylic acids is 1. The molecular weight excluding hydrogens is 222 g/mol. The lowest BCUT2D eigenvalue weighted by Gasteiger charge is -2.13. The average molecular weight is 237 g/mol. The molecule has 1 fully saturated rings. The lowest BCUT2D eigenvalue weighted by molar-refractivity contribution is 0.0683. The van der Waals surface area contributed by atoms with Crippen LogP contribution in [0.3, 0.4) is 0 Å². The highest BCUT2D eigenvalue weighted by Crippen LogP contribution is 2.29. The topological polar surface area (TPSA) is 68.7 Å². The van der Waals surface area contributed by atoms with E-state index in [9.17, 15) is 4.79 Å². The molecule has 0 bridgehead atoms. The standard InChI is InChI=1S/C12H15NO4/c1-7(2)16-10-5-9(17-8-3-4-8)6-13-11(10)12(14)15/h5-8H,3-4H2,1-2H3,(H,14,15). The van der Waals surface area contributed by atoms with Gasteiger partial charge in [-0.2, -0.15) is 0 Å². The Morgan fingerprint density at radius 3 is 2.76 bits per heavy atom. The van der Waals surface area contributed by atoms with E-state index < -0.39 is 5.97 Å². The van der Waals surface area contributed by atoms with Crippen LogP contribution in [-0.4, -0.2) is 28.3 Å². The molecule has 2 rings (SSSR count). The van der Waals surface area contributed by atoms with Gasteiger partial charge in [0.05, 0.1) is 18.4 Å². The highest BCUT2D eigenvalue weighted by atomic mass is 16.5. The predicted molar refractivity (Wildman–Crippen MR) is 60.6 cm³/mol. The van der Waals surface area contributed by atoms with Crippen molar-refractivity contribution in [1.82, 2.24) is 4.98 Å². The van der Waals surface area contributed by atoms with Crippen molar-refractivity contribution in [2.24, 2.45) is 0 Å². The number of carboxylic acid groups (broad SMARTS) is 1. The second kappa shape index (κ2) is 4.61. The lowest BCUT2D eigenvalue weighted by Crippen LogP contribution is -2.11. The molecule has 1 aromatic heterocycles. The summed E-state index contributed by atoms with van der Waals surface area (Å²) in [4.78, 5) is 14.8. The van der Waals surface area contributed by atoms with Gasteiger partial charge < -0.3 is 14.6 Å². The van der Waals surface area contributed by atoms with E-state index in [2.05, 4.69) is 4.98 Å². The van der Waals surface area contributed by atoms with Crippen LogP contribution >= 0.6 is 0 Å². The summed E-state index contributed by atoms with van der Waals surface area (Å²) in [6, 6.07) is 1.59. The molecule has 5 nitrogen and oxygen atoms in total. The summed E-state index contributed by atoms with van der Waals surface area (Å²) in [7, 11) is 0. The number of carbonyl (C=O) groups is 1. The van der Waals surface area contributed by atoms with Gasteiger partial charge in [-0.05, 0) is 26.7 Å². The van der Waals surface area contributed by atoms with Gasteiger partial charge >= 0.3 is 5.97 Å². The number of hydrogen-bond donors (Lipinski definition) is 1. The van der Waals surface area contributed by atoms with E-state index in [1.165, 1.54) is 6.20 Å². The van der Waals surface area contributed by atoms with Gasteiger partial charge in [-0.3, -0.25) is 0 Å². The maximum atomic E-state index is 11.0. The highest BCUT2D eigenvalue weighted by molar-refractivity contribution is 5.88. The molecule has 0 radical (unpaired) electrons. The molecule has 0 saturated heterocycles. The number of ether oxygens (including phenoxy) is 2. The van der Waals surface area contributed by atoms with E-state index in [1.807, 2.05) is 13.8 Å². The van der Waals surface area contributed by atoms with Crippen LogP contribution < -0.4 is 9.47 Å². The van der Waals surface area contributed by atoms with Crippen molar-refractivity contribution >= 4 is 5.97 Å². The summed E-state index contributed by atoms with van der Waals surface area (Å²) >= 11 is 0. The summed E-state index contributed by atoms with van der Waals surface area (Å²) in [5.74, 6) is -0.280. The molecule has 1 N–H and O–H groups in total. The summed E-state index contributed by atoms with van der Waals surface area (Å²) in [5.41, 5.74) is -0.0816. The maximum Gasteiger partial charge on any atom is 0.358 e. The Kier molecular flexibility index (Phi) is 3.17. The molecule has 1 aliphatic rings. The molecule has 1 heterocycles. The predicted octanol–water partition coefficient (Wildman–Crippen LogP) is 2.11. The summed E-state index contributed by atoms with van der Waals surface area (Å²) in [6.07, 6.45) is 3.65. The first-order valence-corrected chi connectivity index (χ1v) is 5.63. The number of rotatable bonds is 5. The minimum absolute atomic E-state index is 0.0816. The molecule has 0 atom stereocenters. The Morgan fingerprint density at radius 2 is 2.24 bits per heavy atom. The summed E-state index contributed by atoms with van der Waals surface area (Å²) < 4.78 is 11.0. The Bertz CT molecular complexity index is 427. The van der Waals surface area contributed by atoms with E-state index >= 15 is 0 Å². The van der Waals surface area contributed by atoms with Gasteiger partial charge in [0.1, 0.15) is 5.75 Å². The van der Waals surface area contributed by atoms with Crippen molar-refractivity contribution in [2.75, 3.05) is 0 Å². The minimum atomic E-state index is -1.10. The molecule has 1 saturated carbocycles. The summed E-state index contributed by atoms with van der Waals surface area (Å²) in [6.45, 7) is 3.67. The quantitative estimate of drug-likeness (QED) is 0.849. The van der Waals surface area contributed by atoms with Gasteiger partial charge in [0.25, 0.3) is 0 Å². The Labute approximate surface area is 99.4 Å². The van der Waals surface area contributed by atoms with Crippen LogP contribution in [0.5, 0.6) is 11.5 Å². The van der Waals surface area contributed by atoms with E-state index in [-0.39, 0.29) is 23.7 Å². The van der Waals surface area contributed by atoms with Gasteiger partial charge in [-0.25, -0.2) is 9.78 Å². The van der Waals surface area contributed by atoms with Crippen LogP contribution in [0.1, 0.15) is 37.2 Å². The average Bonchev–Trinajstić information content (AvgIpc) is 3.00. The van der Waals surface area contributed by atoms with E-state index in [0.717, 1.165) is 12.8 Å². The van der Waals surface area contributed by atoms with Crippen LogP contribution in [0, 0.1) is 0 Å². The Hall–Kier alpha value is -1.78. The molecule has 0 amide bonds. The first-order valence-electron chi connectivity index (χ1n) is 5.63. The van der Waals surface area contributed by atoms with Gasteiger partial charge in [-0.15, -0.1) is 0 Å². The molecular formula is C12H15NO4. The van der Waals surface area contributed by atoms with Crippen molar-refractivity contribution in [3.05, 3.63) is 18.0 Å². The maximum absolute atomic E-state index is 11.0. The zero-order valence-electron chi connectivity index (χ0n) is 9.84. The Morgan fingerprint density at radius 1 is 1.53 bits per heavy atom. The fraction of sp³-hybridized carbons (Fsp3) is 0.500. The number of aromatic nitrogens is 1. The fourth-order valence-corrected chi connectivity index (χ4v) is 1.37. The van der Waals surface area contributed by atoms with Crippen LogP contribution in [0.2, 0.25) is 0 Å². The third kappa shape index (κ3) is 3.09. The second-order valence-electron chi connectivity index (χ2n) is 4.31. The molecule has 17 heavy (non-hydrogen) atoms. The van der Waals surface area contributed by atoms with Crippen LogP contribution in [0.15, 0.2) is 12.3 Å². The van der Waals surface area contributed by atoms with Gasteiger partial charge in [0.2, 0.25) is 0 Å². The monoisotopic (exact) mass is 237 g/mol. The normalized spacial score (nSPS) is 14.8. The van der Waals surface area contributed by atoms with Crippen molar-refractivity contribution in [3.63, 3.8) is 0 Å². The van der Waals surface area contributed by atoms with Crippen LogP contribution in [-0.2, 0) is 0 Å². The van der Waals surface area contributed by atoms with Crippen LogP contribution in [0.4, 0.5) is 0 Å². The number of hydrogen-bond acceptors (Lipinski definition) is 4. The second-order valence-corrected chi connectivity index (χ2v) is 4.31. The van der Waals surface area contributed by atoms with Crippen molar-refractivity contribution in [1.29, 1.82) is 0 Å². The minimum Gasteiger partial charge on any atom is -0.489 e. The van der Waals surface area contributed by atoms with Gasteiger partial charge in [0, 0.05) is 6.07 Å².